The van der Waals surface area contributed by atoms with Crippen molar-refractivity contribution in [1.29, 1.82) is 0 Å². The Morgan fingerprint density at radius 1 is 1.24 bits per heavy atom. The third kappa shape index (κ3) is 2.22. The molecule has 1 saturated heterocycles. The fraction of sp³-hybridized carbons (Fsp3) is 0.333. The molecule has 0 atom stereocenters. The molecule has 90 valence electrons. The van der Waals surface area contributed by atoms with Crippen molar-refractivity contribution in [1.82, 2.24) is 0 Å². The van der Waals surface area contributed by atoms with E-state index in [9.17, 15) is 9.59 Å². The predicted molar refractivity (Wildman–Crippen MR) is 57.1 cm³/mol. The fourth-order valence-electron chi connectivity index (χ4n) is 1.67. The van der Waals surface area contributed by atoms with Crippen LogP contribution in [0.25, 0.3) is 0 Å². The SMILES string of the molecule is COc1cccc(C2(C)OC(=O)CC(=O)O2)c1. The van der Waals surface area contributed by atoms with Gasteiger partial charge in [0.05, 0.1) is 7.11 Å². The third-order valence-corrected chi connectivity index (χ3v) is 2.50. The number of hydrogen-bond acceptors (Lipinski definition) is 5. The molecule has 0 aliphatic carbocycles. The van der Waals surface area contributed by atoms with E-state index in [4.69, 9.17) is 14.2 Å². The Balaban J connectivity index is 2.36. The Labute approximate surface area is 98.3 Å². The predicted octanol–water partition coefficient (Wildman–Crippen LogP) is 1.36. The van der Waals surface area contributed by atoms with Gasteiger partial charge in [0.15, 0.2) is 0 Å². The molecule has 0 bridgehead atoms. The van der Waals surface area contributed by atoms with Crippen molar-refractivity contribution >= 4 is 11.9 Å². The van der Waals surface area contributed by atoms with Crippen molar-refractivity contribution in [3.63, 3.8) is 0 Å². The number of rotatable bonds is 2. The van der Waals surface area contributed by atoms with E-state index in [0.29, 0.717) is 11.3 Å². The van der Waals surface area contributed by atoms with Crippen LogP contribution in [0.4, 0.5) is 0 Å². The van der Waals surface area contributed by atoms with Gasteiger partial charge < -0.3 is 14.2 Å². The van der Waals surface area contributed by atoms with Crippen LogP contribution in [0.3, 0.4) is 0 Å². The Morgan fingerprint density at radius 2 is 1.88 bits per heavy atom. The summed E-state index contributed by atoms with van der Waals surface area (Å²) < 4.78 is 15.2. The lowest BCUT2D eigenvalue weighted by Crippen LogP contribution is -2.40. The minimum absolute atomic E-state index is 0.348. The number of carbonyl (C=O) groups excluding carboxylic acids is 2. The van der Waals surface area contributed by atoms with E-state index in [1.807, 2.05) is 0 Å². The molecule has 0 aromatic heterocycles. The van der Waals surface area contributed by atoms with Crippen molar-refractivity contribution in [2.45, 2.75) is 19.1 Å². The lowest BCUT2D eigenvalue weighted by molar-refractivity contribution is -0.242. The van der Waals surface area contributed by atoms with Gasteiger partial charge in [0.1, 0.15) is 12.2 Å². The highest BCUT2D eigenvalue weighted by Gasteiger charge is 2.40. The van der Waals surface area contributed by atoms with Crippen molar-refractivity contribution in [2.24, 2.45) is 0 Å². The number of ether oxygens (including phenoxy) is 3. The summed E-state index contributed by atoms with van der Waals surface area (Å²) in [5.41, 5.74) is 0.554. The normalized spacial score (nSPS) is 18.2. The highest BCUT2D eigenvalue weighted by atomic mass is 16.7. The Kier molecular flexibility index (Phi) is 2.75. The molecule has 0 saturated carbocycles. The van der Waals surface area contributed by atoms with Crippen LogP contribution >= 0.6 is 0 Å². The Hall–Kier alpha value is -2.04. The van der Waals surface area contributed by atoms with Gasteiger partial charge in [0.25, 0.3) is 5.79 Å². The second-order valence-electron chi connectivity index (χ2n) is 3.80. The maximum atomic E-state index is 11.3. The first-order valence-corrected chi connectivity index (χ1v) is 5.12. The quantitative estimate of drug-likeness (QED) is 0.573. The average Bonchev–Trinajstić information content (AvgIpc) is 2.27. The summed E-state index contributed by atoms with van der Waals surface area (Å²) in [7, 11) is 1.53. The zero-order valence-corrected chi connectivity index (χ0v) is 9.56. The summed E-state index contributed by atoms with van der Waals surface area (Å²) >= 11 is 0. The zero-order valence-electron chi connectivity index (χ0n) is 9.56. The van der Waals surface area contributed by atoms with Crippen LogP contribution in [0.5, 0.6) is 5.75 Å². The van der Waals surface area contributed by atoms with Crippen LogP contribution in [0.2, 0.25) is 0 Å². The highest BCUT2D eigenvalue weighted by molar-refractivity contribution is 5.93. The van der Waals surface area contributed by atoms with Crippen molar-refractivity contribution in [2.75, 3.05) is 7.11 Å². The van der Waals surface area contributed by atoms with Gasteiger partial charge in [-0.1, -0.05) is 12.1 Å². The molecular formula is C12H12O5. The van der Waals surface area contributed by atoms with Crippen LogP contribution in [0, 0.1) is 0 Å². The van der Waals surface area contributed by atoms with Gasteiger partial charge in [-0.2, -0.15) is 0 Å². The van der Waals surface area contributed by atoms with Crippen LogP contribution in [-0.4, -0.2) is 19.0 Å². The van der Waals surface area contributed by atoms with E-state index in [1.54, 1.807) is 24.3 Å². The maximum absolute atomic E-state index is 11.3. The smallest absolute Gasteiger partial charge is 0.320 e. The van der Waals surface area contributed by atoms with Crippen molar-refractivity contribution < 1.29 is 23.8 Å². The minimum Gasteiger partial charge on any atom is -0.497 e. The summed E-state index contributed by atoms with van der Waals surface area (Å²) in [5, 5.41) is 0. The van der Waals surface area contributed by atoms with Gasteiger partial charge in [-0.25, -0.2) is 0 Å². The molecule has 5 nitrogen and oxygen atoms in total. The zero-order chi connectivity index (χ0) is 12.5. The molecule has 17 heavy (non-hydrogen) atoms. The van der Waals surface area contributed by atoms with Crippen LogP contribution < -0.4 is 4.74 Å². The molecule has 1 aliphatic rings. The van der Waals surface area contributed by atoms with Gasteiger partial charge >= 0.3 is 11.9 Å². The molecule has 1 aromatic rings. The van der Waals surface area contributed by atoms with Gasteiger partial charge in [-0.15, -0.1) is 0 Å². The van der Waals surface area contributed by atoms with E-state index >= 15 is 0 Å². The third-order valence-electron chi connectivity index (χ3n) is 2.50. The molecule has 5 heteroatoms. The van der Waals surface area contributed by atoms with Crippen LogP contribution in [0.1, 0.15) is 18.9 Å². The van der Waals surface area contributed by atoms with E-state index < -0.39 is 17.7 Å². The van der Waals surface area contributed by atoms with E-state index in [0.717, 1.165) is 0 Å². The number of benzene rings is 1. The lowest BCUT2D eigenvalue weighted by Gasteiger charge is -2.32. The molecule has 2 rings (SSSR count). The lowest BCUT2D eigenvalue weighted by atomic mass is 10.1. The minimum atomic E-state index is -1.37. The standard InChI is InChI=1S/C12H12O5/c1-12(16-10(13)7-11(14)17-12)8-4-3-5-9(6-8)15-2/h3-6H,7H2,1-2H3. The van der Waals surface area contributed by atoms with E-state index in [2.05, 4.69) is 0 Å². The molecule has 0 radical (unpaired) electrons. The number of esters is 2. The molecule has 0 N–H and O–H groups in total. The van der Waals surface area contributed by atoms with Gasteiger partial charge in [-0.3, -0.25) is 9.59 Å². The molecule has 0 unspecified atom stereocenters. The van der Waals surface area contributed by atoms with Crippen LogP contribution in [0.15, 0.2) is 24.3 Å². The molecule has 1 aliphatic heterocycles. The second-order valence-corrected chi connectivity index (χ2v) is 3.80. The second kappa shape index (κ2) is 4.08. The van der Waals surface area contributed by atoms with Gasteiger partial charge in [0.2, 0.25) is 0 Å². The van der Waals surface area contributed by atoms with E-state index in [-0.39, 0.29) is 6.42 Å². The average molecular weight is 236 g/mol. The number of cyclic esters (lactones) is 2. The Morgan fingerprint density at radius 3 is 2.47 bits per heavy atom. The van der Waals surface area contributed by atoms with Gasteiger partial charge in [-0.05, 0) is 12.1 Å². The van der Waals surface area contributed by atoms with E-state index in [1.165, 1.54) is 14.0 Å². The first-order valence-electron chi connectivity index (χ1n) is 5.12. The molecule has 1 fully saturated rings. The first-order chi connectivity index (χ1) is 8.03. The summed E-state index contributed by atoms with van der Waals surface area (Å²) in [6.07, 6.45) is -0.348. The van der Waals surface area contributed by atoms with Crippen molar-refractivity contribution in [3.05, 3.63) is 29.8 Å². The van der Waals surface area contributed by atoms with Crippen molar-refractivity contribution in [3.8, 4) is 5.75 Å². The Bertz CT molecular complexity index is 450. The molecular weight excluding hydrogens is 224 g/mol. The summed E-state index contributed by atoms with van der Waals surface area (Å²) in [4.78, 5) is 22.5. The largest absolute Gasteiger partial charge is 0.497 e. The topological polar surface area (TPSA) is 61.8 Å². The van der Waals surface area contributed by atoms with Crippen LogP contribution in [-0.2, 0) is 24.8 Å². The summed E-state index contributed by atoms with van der Waals surface area (Å²) in [6, 6.07) is 6.84. The molecule has 0 spiro atoms. The monoisotopic (exact) mass is 236 g/mol. The highest BCUT2D eigenvalue weighted by Crippen LogP contribution is 2.32. The maximum Gasteiger partial charge on any atom is 0.320 e. The first kappa shape index (κ1) is 11.4. The summed E-state index contributed by atoms with van der Waals surface area (Å²) in [5.74, 6) is -1.96. The molecule has 0 amide bonds. The number of hydrogen-bond donors (Lipinski definition) is 0. The molecule has 1 aromatic carbocycles. The number of methoxy groups -OCH3 is 1. The fourth-order valence-corrected chi connectivity index (χ4v) is 1.67. The summed E-state index contributed by atoms with van der Waals surface area (Å²) in [6.45, 7) is 1.52. The van der Waals surface area contributed by atoms with Gasteiger partial charge in [0, 0.05) is 12.5 Å². The number of carbonyl (C=O) groups is 2. The molecule has 1 heterocycles.